The zero-order valence-corrected chi connectivity index (χ0v) is 18.0. The van der Waals surface area contributed by atoms with Crippen LogP contribution in [0, 0.1) is 17.3 Å². The lowest BCUT2D eigenvalue weighted by Crippen LogP contribution is -2.35. The van der Waals surface area contributed by atoms with Crippen molar-refractivity contribution in [3.63, 3.8) is 0 Å². The molecule has 140 valence electrons. The largest absolute Gasteiger partial charge is 0.462 e. The van der Waals surface area contributed by atoms with Crippen LogP contribution < -0.4 is 5.73 Å². The molecule has 24 heavy (non-hydrogen) atoms. The number of hydrogen-bond acceptors (Lipinski definition) is 3. The summed E-state index contributed by atoms with van der Waals surface area (Å²) in [6.45, 7) is 10.4. The third-order valence-electron chi connectivity index (χ3n) is 4.22. The van der Waals surface area contributed by atoms with Crippen molar-refractivity contribution in [2.24, 2.45) is 23.0 Å². The molecule has 0 aromatic rings. The molecule has 3 atom stereocenters. The van der Waals surface area contributed by atoms with Gasteiger partial charge in [-0.25, -0.2) is 0 Å². The minimum Gasteiger partial charge on any atom is -0.462 e. The highest BCUT2D eigenvalue weighted by molar-refractivity contribution is 14.1. The molecule has 0 aliphatic rings. The molecule has 0 aliphatic heterocycles. The van der Waals surface area contributed by atoms with Crippen molar-refractivity contribution in [2.45, 2.75) is 79.2 Å². The Hall–Kier alpha value is -0.590. The molecule has 0 heterocycles. The Morgan fingerprint density at radius 1 is 1.21 bits per heavy atom. The van der Waals surface area contributed by atoms with Crippen LogP contribution in [0.5, 0.6) is 0 Å². The van der Waals surface area contributed by atoms with Crippen LogP contribution in [0.15, 0.2) is 10.2 Å². The third-order valence-corrected chi connectivity index (χ3v) is 4.73. The summed E-state index contributed by atoms with van der Waals surface area (Å²) in [5.41, 5.74) is 5.08. The molecule has 2 N–H and O–H groups in total. The third kappa shape index (κ3) is 11.0. The Labute approximate surface area is 161 Å². The second kappa shape index (κ2) is 11.9. The normalized spacial score (nSPS) is 15.9. The van der Waals surface area contributed by atoms with Crippen molar-refractivity contribution < 1.29 is 14.3 Å². The summed E-state index contributed by atoms with van der Waals surface area (Å²) >= 11 is 2.18. The molecule has 0 aromatic carbocycles. The topological polar surface area (TPSA) is 69.4 Å². The average molecular weight is 451 g/mol. The minimum atomic E-state index is -0.254. The number of carbonyl (C=O) groups excluding carboxylic acids is 2. The second-order valence-electron chi connectivity index (χ2n) is 7.83. The molecule has 0 rings (SSSR count). The van der Waals surface area contributed by atoms with E-state index in [1.54, 1.807) is 0 Å². The maximum absolute atomic E-state index is 12.4. The summed E-state index contributed by atoms with van der Waals surface area (Å²) in [4.78, 5) is 23.2. The lowest BCUT2D eigenvalue weighted by molar-refractivity contribution is -0.160. The van der Waals surface area contributed by atoms with Gasteiger partial charge in [-0.3, -0.25) is 9.59 Å². The van der Waals surface area contributed by atoms with Gasteiger partial charge in [0.25, 0.3) is 0 Å². The Balaban J connectivity index is 4.56. The quantitative estimate of drug-likeness (QED) is 0.355. The molecule has 0 bridgehead atoms. The van der Waals surface area contributed by atoms with E-state index in [9.17, 15) is 9.59 Å². The van der Waals surface area contributed by atoms with Crippen molar-refractivity contribution in [2.75, 3.05) is 0 Å². The highest BCUT2D eigenvalue weighted by Crippen LogP contribution is 2.30. The van der Waals surface area contributed by atoms with Gasteiger partial charge in [-0.1, -0.05) is 69.7 Å². The number of primary amides is 1. The number of ether oxygens (including phenoxy) is 1. The first-order valence-electron chi connectivity index (χ1n) is 8.82. The van der Waals surface area contributed by atoms with E-state index in [0.717, 1.165) is 32.1 Å². The molecular formula is C19H34INO3. The molecule has 0 saturated carbocycles. The van der Waals surface area contributed by atoms with Crippen LogP contribution in [0.1, 0.15) is 73.1 Å². The van der Waals surface area contributed by atoms with Gasteiger partial charge in [-0.05, 0) is 41.1 Å². The molecule has 0 radical (unpaired) electrons. The summed E-state index contributed by atoms with van der Waals surface area (Å²) < 4.78 is 7.82. The molecule has 0 saturated heterocycles. The van der Waals surface area contributed by atoms with Crippen LogP contribution in [0.2, 0.25) is 0 Å². The summed E-state index contributed by atoms with van der Waals surface area (Å²) in [7, 11) is 0. The first-order valence-corrected chi connectivity index (χ1v) is 10.1. The zero-order chi connectivity index (χ0) is 18.8. The SMILES string of the molecule is C[C@@H](CCCC(N)=O)C[C@H](OC(=O)[C@@H](C)CC/C=C/I)C(C)(C)C. The molecule has 5 heteroatoms. The fraction of sp³-hybridized carbons (Fsp3) is 0.789. The standard InChI is InChI=1S/C19H34INO3/c1-14(9-8-11-17(21)22)13-16(19(3,4)5)24-18(23)15(2)10-6-7-12-20/h7,12,14-16H,6,8-11,13H2,1-5H3,(H2,21,22)/b12-7+/t14-,15-,16-/m0/s1. The Bertz CT molecular complexity index is 415. The van der Waals surface area contributed by atoms with E-state index in [4.69, 9.17) is 10.5 Å². The van der Waals surface area contributed by atoms with Gasteiger partial charge in [0.2, 0.25) is 5.91 Å². The monoisotopic (exact) mass is 451 g/mol. The fourth-order valence-electron chi connectivity index (χ4n) is 2.47. The average Bonchev–Trinajstić information content (AvgIpc) is 2.45. The van der Waals surface area contributed by atoms with E-state index in [0.29, 0.717) is 12.3 Å². The van der Waals surface area contributed by atoms with Crippen LogP contribution in [-0.2, 0) is 14.3 Å². The molecule has 4 nitrogen and oxygen atoms in total. The minimum absolute atomic E-state index is 0.0902. The number of carbonyl (C=O) groups is 2. The lowest BCUT2D eigenvalue weighted by atomic mass is 9.82. The molecule has 0 aliphatic carbocycles. The maximum Gasteiger partial charge on any atom is 0.308 e. The van der Waals surface area contributed by atoms with Crippen molar-refractivity contribution in [3.05, 3.63) is 10.2 Å². The number of rotatable bonds is 11. The van der Waals surface area contributed by atoms with Gasteiger partial charge in [0, 0.05) is 6.42 Å². The predicted molar refractivity (Wildman–Crippen MR) is 108 cm³/mol. The van der Waals surface area contributed by atoms with Crippen LogP contribution >= 0.6 is 22.6 Å². The highest BCUT2D eigenvalue weighted by atomic mass is 127. The molecule has 0 unspecified atom stereocenters. The van der Waals surface area contributed by atoms with Crippen LogP contribution in [0.25, 0.3) is 0 Å². The van der Waals surface area contributed by atoms with Crippen molar-refractivity contribution in [1.82, 2.24) is 0 Å². The first kappa shape index (κ1) is 23.4. The number of esters is 1. The van der Waals surface area contributed by atoms with Gasteiger partial charge in [0.15, 0.2) is 0 Å². The Morgan fingerprint density at radius 2 is 1.83 bits per heavy atom. The Kier molecular flexibility index (Phi) is 11.6. The zero-order valence-electron chi connectivity index (χ0n) is 15.8. The van der Waals surface area contributed by atoms with E-state index in [2.05, 4.69) is 56.4 Å². The van der Waals surface area contributed by atoms with Crippen LogP contribution in [0.3, 0.4) is 0 Å². The van der Waals surface area contributed by atoms with Crippen LogP contribution in [-0.4, -0.2) is 18.0 Å². The van der Waals surface area contributed by atoms with Gasteiger partial charge in [0.05, 0.1) is 5.92 Å². The van der Waals surface area contributed by atoms with Crippen molar-refractivity contribution in [3.8, 4) is 0 Å². The van der Waals surface area contributed by atoms with E-state index >= 15 is 0 Å². The molecule has 0 fully saturated rings. The van der Waals surface area contributed by atoms with E-state index in [1.807, 2.05) is 11.0 Å². The number of allylic oxidation sites excluding steroid dienone is 1. The Morgan fingerprint density at radius 3 is 2.33 bits per heavy atom. The maximum atomic E-state index is 12.4. The van der Waals surface area contributed by atoms with Gasteiger partial charge in [-0.2, -0.15) is 0 Å². The molecule has 1 amide bonds. The smallest absolute Gasteiger partial charge is 0.308 e. The van der Waals surface area contributed by atoms with E-state index in [1.165, 1.54) is 0 Å². The number of halogens is 1. The van der Waals surface area contributed by atoms with Gasteiger partial charge in [-0.15, -0.1) is 0 Å². The summed E-state index contributed by atoms with van der Waals surface area (Å²) in [5.74, 6) is -0.0669. The first-order chi connectivity index (χ1) is 11.1. The van der Waals surface area contributed by atoms with Gasteiger partial charge < -0.3 is 10.5 Å². The fourth-order valence-corrected chi connectivity index (χ4v) is 2.83. The van der Waals surface area contributed by atoms with Crippen molar-refractivity contribution in [1.29, 1.82) is 0 Å². The number of amides is 1. The molecule has 0 aromatic heterocycles. The predicted octanol–water partition coefficient (Wildman–Crippen LogP) is 4.99. The number of nitrogens with two attached hydrogens (primary N) is 1. The van der Waals surface area contributed by atoms with Gasteiger partial charge in [0.1, 0.15) is 6.10 Å². The van der Waals surface area contributed by atoms with E-state index < -0.39 is 0 Å². The second-order valence-corrected chi connectivity index (χ2v) is 8.55. The van der Waals surface area contributed by atoms with Crippen LogP contribution in [0.4, 0.5) is 0 Å². The van der Waals surface area contributed by atoms with Crippen molar-refractivity contribution >= 4 is 34.5 Å². The molecule has 0 spiro atoms. The molecular weight excluding hydrogens is 417 g/mol. The lowest BCUT2D eigenvalue weighted by Gasteiger charge is -2.33. The summed E-state index contributed by atoms with van der Waals surface area (Å²) in [5, 5.41) is 0. The highest BCUT2D eigenvalue weighted by Gasteiger charge is 2.31. The summed E-state index contributed by atoms with van der Waals surface area (Å²) in [6, 6.07) is 0. The van der Waals surface area contributed by atoms with E-state index in [-0.39, 0.29) is 29.3 Å². The number of hydrogen-bond donors (Lipinski definition) is 1. The van der Waals surface area contributed by atoms with Gasteiger partial charge >= 0.3 is 5.97 Å². The summed E-state index contributed by atoms with van der Waals surface area (Å²) in [6.07, 6.45) is 6.60.